The lowest BCUT2D eigenvalue weighted by atomic mass is 9.98. The molecule has 2 atom stereocenters. The van der Waals surface area contributed by atoms with Crippen LogP contribution >= 0.6 is 11.8 Å². The number of nitrogens with zero attached hydrogens (tertiary/aromatic N) is 1. The van der Waals surface area contributed by atoms with Gasteiger partial charge in [0, 0.05) is 18.1 Å². The summed E-state index contributed by atoms with van der Waals surface area (Å²) >= 11 is 1.72. The lowest BCUT2D eigenvalue weighted by Gasteiger charge is -2.36. The Bertz CT molecular complexity index is 477. The van der Waals surface area contributed by atoms with Crippen molar-refractivity contribution < 1.29 is 14.7 Å². The van der Waals surface area contributed by atoms with Gasteiger partial charge in [0.25, 0.3) is 0 Å². The summed E-state index contributed by atoms with van der Waals surface area (Å²) in [5, 5.41) is 8.97. The minimum atomic E-state index is -0.845. The van der Waals surface area contributed by atoms with Crippen molar-refractivity contribution in [3.8, 4) is 0 Å². The molecule has 1 aromatic rings. The molecule has 1 heterocycles. The first-order valence-corrected chi connectivity index (χ1v) is 7.90. The molecule has 0 aliphatic carbocycles. The second-order valence-electron chi connectivity index (χ2n) is 4.99. The Balaban J connectivity index is 2.11. The summed E-state index contributed by atoms with van der Waals surface area (Å²) in [5.41, 5.74) is 0.977. The van der Waals surface area contributed by atoms with E-state index in [-0.39, 0.29) is 24.3 Å². The number of carbonyl (C=O) groups excluding carboxylic acids is 1. The van der Waals surface area contributed by atoms with E-state index in [0.29, 0.717) is 12.3 Å². The maximum atomic E-state index is 12.6. The van der Waals surface area contributed by atoms with Gasteiger partial charge in [0.05, 0.1) is 18.4 Å². The Hall–Kier alpha value is -1.49. The molecule has 0 radical (unpaired) electrons. The Morgan fingerprint density at radius 1 is 1.40 bits per heavy atom. The molecular weight excluding hydrogens is 274 g/mol. The van der Waals surface area contributed by atoms with Gasteiger partial charge in [-0.05, 0) is 12.5 Å². The molecule has 0 aromatic heterocycles. The van der Waals surface area contributed by atoms with E-state index >= 15 is 0 Å². The van der Waals surface area contributed by atoms with Crippen LogP contribution in [0, 0.1) is 0 Å². The quantitative estimate of drug-likeness (QED) is 0.924. The molecule has 0 saturated carbocycles. The van der Waals surface area contributed by atoms with Crippen LogP contribution in [-0.2, 0) is 9.59 Å². The maximum Gasteiger partial charge on any atom is 0.305 e. The van der Waals surface area contributed by atoms with Gasteiger partial charge in [-0.3, -0.25) is 9.59 Å². The number of rotatable bonds is 4. The molecule has 1 saturated heterocycles. The van der Waals surface area contributed by atoms with Crippen molar-refractivity contribution in [2.24, 2.45) is 0 Å². The molecule has 1 amide bonds. The predicted molar refractivity (Wildman–Crippen MR) is 79.9 cm³/mol. The average molecular weight is 293 g/mol. The van der Waals surface area contributed by atoms with E-state index in [2.05, 4.69) is 0 Å². The van der Waals surface area contributed by atoms with Crippen molar-refractivity contribution in [1.29, 1.82) is 0 Å². The second-order valence-corrected chi connectivity index (χ2v) is 6.14. The van der Waals surface area contributed by atoms with Crippen LogP contribution in [0.15, 0.2) is 30.3 Å². The fraction of sp³-hybridized carbons (Fsp3) is 0.467. The molecule has 4 nitrogen and oxygen atoms in total. The molecule has 20 heavy (non-hydrogen) atoms. The first-order chi connectivity index (χ1) is 9.59. The van der Waals surface area contributed by atoms with Crippen LogP contribution in [-0.4, -0.2) is 46.0 Å². The topological polar surface area (TPSA) is 57.6 Å². The SMILES string of the molecule is C[C@@H](C(=O)N1CCSCC1CC(=O)O)c1ccccc1. The summed E-state index contributed by atoms with van der Waals surface area (Å²) < 4.78 is 0. The normalized spacial score (nSPS) is 20.4. The Kier molecular flexibility index (Phi) is 5.06. The van der Waals surface area contributed by atoms with Crippen LogP contribution in [0.2, 0.25) is 0 Å². The summed E-state index contributed by atoms with van der Waals surface area (Å²) in [6.45, 7) is 2.52. The first-order valence-electron chi connectivity index (χ1n) is 6.74. The molecule has 1 N–H and O–H groups in total. The largest absolute Gasteiger partial charge is 0.481 e. The van der Waals surface area contributed by atoms with Gasteiger partial charge in [-0.1, -0.05) is 30.3 Å². The number of carboxylic acid groups (broad SMARTS) is 1. The fourth-order valence-corrected chi connectivity index (χ4v) is 3.51. The van der Waals surface area contributed by atoms with Crippen molar-refractivity contribution in [3.63, 3.8) is 0 Å². The highest BCUT2D eigenvalue weighted by Crippen LogP contribution is 2.24. The fourth-order valence-electron chi connectivity index (χ4n) is 2.45. The number of carboxylic acids is 1. The van der Waals surface area contributed by atoms with Crippen LogP contribution in [0.4, 0.5) is 0 Å². The zero-order valence-electron chi connectivity index (χ0n) is 11.5. The van der Waals surface area contributed by atoms with Gasteiger partial charge in [0.2, 0.25) is 5.91 Å². The molecule has 1 fully saturated rings. The van der Waals surface area contributed by atoms with Gasteiger partial charge in [-0.25, -0.2) is 0 Å². The second kappa shape index (κ2) is 6.79. The highest BCUT2D eigenvalue weighted by atomic mass is 32.2. The summed E-state index contributed by atoms with van der Waals surface area (Å²) in [5.74, 6) is 0.545. The number of hydrogen-bond donors (Lipinski definition) is 1. The molecule has 1 aromatic carbocycles. The van der Waals surface area contributed by atoms with Crippen molar-refractivity contribution in [1.82, 2.24) is 4.90 Å². The number of thioether (sulfide) groups is 1. The number of benzene rings is 1. The number of aliphatic carboxylic acids is 1. The number of carbonyl (C=O) groups is 2. The van der Waals surface area contributed by atoms with E-state index in [1.54, 1.807) is 16.7 Å². The summed E-state index contributed by atoms with van der Waals surface area (Å²) in [4.78, 5) is 25.3. The van der Waals surface area contributed by atoms with Crippen LogP contribution < -0.4 is 0 Å². The molecule has 1 aliphatic rings. The third kappa shape index (κ3) is 3.54. The van der Waals surface area contributed by atoms with E-state index in [1.807, 2.05) is 37.3 Å². The van der Waals surface area contributed by atoms with Crippen molar-refractivity contribution >= 4 is 23.6 Å². The molecule has 5 heteroatoms. The van der Waals surface area contributed by atoms with Crippen molar-refractivity contribution in [3.05, 3.63) is 35.9 Å². The van der Waals surface area contributed by atoms with Gasteiger partial charge in [-0.2, -0.15) is 11.8 Å². The van der Waals surface area contributed by atoms with Crippen molar-refractivity contribution in [2.45, 2.75) is 25.3 Å². The minimum Gasteiger partial charge on any atom is -0.481 e. The first kappa shape index (κ1) is 14.9. The van der Waals surface area contributed by atoms with Crippen LogP contribution in [0.3, 0.4) is 0 Å². The lowest BCUT2D eigenvalue weighted by molar-refractivity contribution is -0.140. The Morgan fingerprint density at radius 2 is 2.10 bits per heavy atom. The van der Waals surface area contributed by atoms with Gasteiger partial charge in [0.1, 0.15) is 0 Å². The smallest absolute Gasteiger partial charge is 0.305 e. The molecule has 1 aliphatic heterocycles. The lowest BCUT2D eigenvalue weighted by Crippen LogP contribution is -2.48. The Labute approximate surface area is 123 Å². The molecule has 108 valence electrons. The van der Waals surface area contributed by atoms with Crippen LogP contribution in [0.25, 0.3) is 0 Å². The predicted octanol–water partition coefficient (Wildman–Crippen LogP) is 2.21. The van der Waals surface area contributed by atoms with E-state index < -0.39 is 5.97 Å². The summed E-state index contributed by atoms with van der Waals surface area (Å²) in [6, 6.07) is 9.44. The monoisotopic (exact) mass is 293 g/mol. The van der Waals surface area contributed by atoms with Gasteiger partial charge < -0.3 is 10.0 Å². The molecule has 1 unspecified atom stereocenters. The highest BCUT2D eigenvalue weighted by molar-refractivity contribution is 7.99. The number of hydrogen-bond acceptors (Lipinski definition) is 3. The minimum absolute atomic E-state index is 0.0280. The van der Waals surface area contributed by atoms with Crippen molar-refractivity contribution in [2.75, 3.05) is 18.1 Å². The molecule has 0 spiro atoms. The summed E-state index contributed by atoms with van der Waals surface area (Å²) in [6.07, 6.45) is 0.0280. The zero-order valence-corrected chi connectivity index (χ0v) is 12.3. The van der Waals surface area contributed by atoms with E-state index in [9.17, 15) is 9.59 Å². The van der Waals surface area contributed by atoms with Gasteiger partial charge >= 0.3 is 5.97 Å². The zero-order chi connectivity index (χ0) is 14.5. The third-order valence-electron chi connectivity index (χ3n) is 3.59. The maximum absolute atomic E-state index is 12.6. The third-order valence-corrected chi connectivity index (χ3v) is 4.68. The highest BCUT2D eigenvalue weighted by Gasteiger charge is 2.31. The molecule has 2 rings (SSSR count). The standard InChI is InChI=1S/C15H19NO3S/c1-11(12-5-3-2-4-6-12)15(19)16-7-8-20-10-13(16)9-14(17)18/h2-6,11,13H,7-10H2,1H3,(H,17,18)/t11-,13?/m1/s1. The summed E-state index contributed by atoms with van der Waals surface area (Å²) in [7, 11) is 0. The molecular formula is C15H19NO3S. The Morgan fingerprint density at radius 3 is 2.75 bits per heavy atom. The van der Waals surface area contributed by atoms with Crippen LogP contribution in [0.1, 0.15) is 24.8 Å². The van der Waals surface area contributed by atoms with Gasteiger partial charge in [0.15, 0.2) is 0 Å². The van der Waals surface area contributed by atoms with E-state index in [0.717, 1.165) is 11.3 Å². The number of amides is 1. The van der Waals surface area contributed by atoms with Gasteiger partial charge in [-0.15, -0.1) is 0 Å². The van der Waals surface area contributed by atoms with E-state index in [4.69, 9.17) is 5.11 Å². The van der Waals surface area contributed by atoms with Crippen LogP contribution in [0.5, 0.6) is 0 Å². The average Bonchev–Trinajstić information content (AvgIpc) is 2.46. The van der Waals surface area contributed by atoms with E-state index in [1.165, 1.54) is 0 Å². The molecule has 0 bridgehead atoms.